The fraction of sp³-hybridized carbons (Fsp3) is 0.930. The van der Waals surface area contributed by atoms with E-state index in [2.05, 4.69) is 54.5 Å². The van der Waals surface area contributed by atoms with Crippen LogP contribution in [-0.4, -0.2) is 139 Å². The minimum atomic E-state index is -1.97. The van der Waals surface area contributed by atoms with E-state index >= 15 is 0 Å². The van der Waals surface area contributed by atoms with Crippen LogP contribution in [0.15, 0.2) is 11.6 Å². The van der Waals surface area contributed by atoms with E-state index in [0.717, 1.165) is 51.4 Å². The molecule has 6 fully saturated rings. The van der Waals surface area contributed by atoms with E-state index in [0.29, 0.717) is 6.42 Å². The molecule has 0 bridgehead atoms. The van der Waals surface area contributed by atoms with Crippen LogP contribution in [0, 0.1) is 49.7 Å². The lowest BCUT2D eigenvalue weighted by atomic mass is 9.31. The number of aliphatic hydroxyl groups excluding tert-OH is 8. The summed E-state index contributed by atoms with van der Waals surface area (Å²) < 4.78 is 23.9. The van der Waals surface area contributed by atoms with Gasteiger partial charge in [0.25, 0.3) is 0 Å². The van der Waals surface area contributed by atoms with Crippen LogP contribution in [0.25, 0.3) is 0 Å². The van der Waals surface area contributed by atoms with Crippen LogP contribution in [0.1, 0.15) is 113 Å². The van der Waals surface area contributed by atoms with E-state index in [4.69, 9.17) is 18.9 Å². The molecule has 2 heterocycles. The number of hydrogen-bond donors (Lipinski definition) is 9. The van der Waals surface area contributed by atoms with Gasteiger partial charge in [0.2, 0.25) is 0 Å². The monoisotopic (exact) mass is 810 g/mol. The van der Waals surface area contributed by atoms with E-state index < -0.39 is 85.5 Å². The number of hydrogen-bond acceptors (Lipinski definition) is 13. The van der Waals surface area contributed by atoms with Crippen molar-refractivity contribution in [3.8, 4) is 0 Å². The van der Waals surface area contributed by atoms with Gasteiger partial charge < -0.3 is 64.9 Å². The first-order chi connectivity index (χ1) is 26.4. The summed E-state index contributed by atoms with van der Waals surface area (Å²) in [7, 11) is 0. The number of carboxylic acid groups (broad SMARTS) is 1. The molecule has 14 nitrogen and oxygen atoms in total. The van der Waals surface area contributed by atoms with Gasteiger partial charge in [-0.25, -0.2) is 4.79 Å². The maximum Gasteiger partial charge on any atom is 0.335 e. The highest BCUT2D eigenvalue weighted by atomic mass is 16.8. The molecule has 0 aromatic rings. The first-order valence-electron chi connectivity index (χ1n) is 21.2. The molecular formula is C43H70O14. The van der Waals surface area contributed by atoms with Crippen LogP contribution in [0.2, 0.25) is 0 Å². The Morgan fingerprint density at radius 2 is 1.42 bits per heavy atom. The Kier molecular flexibility index (Phi) is 11.1. The summed E-state index contributed by atoms with van der Waals surface area (Å²) in [5.41, 5.74) is -0.0828. The lowest BCUT2D eigenvalue weighted by Crippen LogP contribution is -2.69. The Bertz CT molecular complexity index is 1570. The average Bonchev–Trinajstić information content (AvgIpc) is 3.13. The van der Waals surface area contributed by atoms with Crippen molar-refractivity contribution in [3.05, 3.63) is 11.6 Å². The van der Waals surface area contributed by atoms with Gasteiger partial charge in [0, 0.05) is 10.8 Å². The summed E-state index contributed by atoms with van der Waals surface area (Å²) >= 11 is 0. The number of carboxylic acids is 1. The maximum absolute atomic E-state index is 12.2. The molecule has 14 heteroatoms. The molecule has 7 aliphatic rings. The lowest BCUT2D eigenvalue weighted by molar-refractivity contribution is -0.375. The molecule has 0 aromatic carbocycles. The van der Waals surface area contributed by atoms with E-state index in [1.54, 1.807) is 0 Å². The molecule has 2 saturated heterocycles. The molecule has 7 rings (SSSR count). The molecule has 0 amide bonds. The summed E-state index contributed by atoms with van der Waals surface area (Å²) in [6.45, 7) is 17.6. The fourth-order valence-electron chi connectivity index (χ4n) is 14.5. The number of rotatable bonds is 7. The van der Waals surface area contributed by atoms with Crippen LogP contribution in [-0.2, 0) is 23.7 Å². The molecule has 326 valence electrons. The Balaban J connectivity index is 1.18. The lowest BCUT2D eigenvalue weighted by Gasteiger charge is -2.74. The third kappa shape index (κ3) is 6.19. The van der Waals surface area contributed by atoms with Crippen molar-refractivity contribution in [2.75, 3.05) is 13.2 Å². The largest absolute Gasteiger partial charge is 0.479 e. The highest BCUT2D eigenvalue weighted by Crippen LogP contribution is 2.78. The van der Waals surface area contributed by atoms with Crippen molar-refractivity contribution in [2.45, 2.75) is 187 Å². The Hall–Kier alpha value is -1.27. The van der Waals surface area contributed by atoms with Gasteiger partial charge in [0.15, 0.2) is 18.7 Å². The van der Waals surface area contributed by atoms with Gasteiger partial charge >= 0.3 is 5.97 Å². The van der Waals surface area contributed by atoms with Crippen molar-refractivity contribution >= 4 is 5.97 Å². The summed E-state index contributed by atoms with van der Waals surface area (Å²) in [6, 6.07) is 0. The topological polar surface area (TPSA) is 236 Å². The number of aliphatic hydroxyl groups is 8. The highest BCUT2D eigenvalue weighted by Gasteiger charge is 2.72. The zero-order valence-corrected chi connectivity index (χ0v) is 35.0. The zero-order valence-electron chi connectivity index (χ0n) is 35.0. The molecule has 0 spiro atoms. The van der Waals surface area contributed by atoms with E-state index in [-0.39, 0.29) is 57.0 Å². The molecule has 57 heavy (non-hydrogen) atoms. The standard InChI is InChI=1S/C43H70O14/c1-37(2)17-25(46)42(7)16-15-41(6)24(43(42,8)19-37)10-9-23-38(3)13-12-26(39(4,20-45)22(38)11-14-40(23,41)5)55-36-33(30(50)29(49)32(56-36)34(52)53)57-35-31(51)28(48)27(47)21(18-44)54-35/h10,21-23,25-33,35-36,44-51H,9,11-20H2,1-8H3,(H,52,53)/t21-,22+,23+,25-,26+,27+,28+,29+,30+,31-,32+,33-,35+,36-,38+,39-,40-,41-,42+,43+/m1/s1. The molecule has 20 atom stereocenters. The van der Waals surface area contributed by atoms with Crippen LogP contribution in [0.5, 0.6) is 0 Å². The molecular weight excluding hydrogens is 740 g/mol. The number of ether oxygens (including phenoxy) is 4. The Morgan fingerprint density at radius 1 is 0.737 bits per heavy atom. The average molecular weight is 811 g/mol. The SMILES string of the molecule is CC1(C)C[C@@H](O)[C@]2(C)CC[C@]3(C)C(=CC[C@H]4[C@@]5(C)CC[C@H](O[C@@H]6O[C@H](C(=O)O)[C@@H](O)[C@H](O)[C@H]6O[C@@H]6O[C@H](CO)[C@H](O)[C@H](O)[C@H]6O)[C@](C)(CO)[C@H]5CC[C@]43C)[C@]2(C)C1. The summed E-state index contributed by atoms with van der Waals surface area (Å²) in [4.78, 5) is 12.2. The predicted molar refractivity (Wildman–Crippen MR) is 204 cm³/mol. The normalized spacial score (nSPS) is 56.0. The Labute approximate surface area is 336 Å². The Morgan fingerprint density at radius 3 is 2.05 bits per heavy atom. The van der Waals surface area contributed by atoms with Crippen LogP contribution >= 0.6 is 0 Å². The molecule has 9 N–H and O–H groups in total. The minimum Gasteiger partial charge on any atom is -0.479 e. The van der Waals surface area contributed by atoms with Gasteiger partial charge in [-0.05, 0) is 96.7 Å². The van der Waals surface area contributed by atoms with Gasteiger partial charge in [0.1, 0.15) is 42.7 Å². The second-order valence-electron chi connectivity index (χ2n) is 21.4. The summed E-state index contributed by atoms with van der Waals surface area (Å²) in [6.07, 6.45) is -8.41. The molecule has 2 aliphatic heterocycles. The quantitative estimate of drug-likeness (QED) is 0.133. The van der Waals surface area contributed by atoms with Crippen molar-refractivity contribution < 1.29 is 69.7 Å². The smallest absolute Gasteiger partial charge is 0.335 e. The van der Waals surface area contributed by atoms with E-state index in [1.165, 1.54) is 5.57 Å². The third-order valence-corrected chi connectivity index (χ3v) is 18.1. The number of allylic oxidation sites excluding steroid dienone is 2. The second kappa shape index (κ2) is 14.4. The molecule has 4 saturated carbocycles. The number of fused-ring (bicyclic) bond motifs is 7. The van der Waals surface area contributed by atoms with Crippen LogP contribution in [0.3, 0.4) is 0 Å². The number of aliphatic carboxylic acids is 1. The molecule has 0 aromatic heterocycles. The summed E-state index contributed by atoms with van der Waals surface area (Å²) in [5.74, 6) is -1.29. The highest BCUT2D eigenvalue weighted by molar-refractivity contribution is 5.73. The zero-order chi connectivity index (χ0) is 42.1. The molecule has 0 unspecified atom stereocenters. The van der Waals surface area contributed by atoms with Crippen LogP contribution < -0.4 is 0 Å². The summed E-state index contributed by atoms with van der Waals surface area (Å²) in [5, 5.41) is 96.3. The van der Waals surface area contributed by atoms with Crippen molar-refractivity contribution in [3.63, 3.8) is 0 Å². The maximum atomic E-state index is 12.2. The van der Waals surface area contributed by atoms with Gasteiger partial charge in [-0.1, -0.05) is 67.0 Å². The van der Waals surface area contributed by atoms with Gasteiger partial charge in [-0.15, -0.1) is 0 Å². The van der Waals surface area contributed by atoms with Gasteiger partial charge in [-0.3, -0.25) is 0 Å². The first kappa shape index (κ1) is 43.8. The van der Waals surface area contributed by atoms with Crippen molar-refractivity contribution in [1.82, 2.24) is 0 Å². The van der Waals surface area contributed by atoms with E-state index in [1.807, 2.05) is 6.92 Å². The number of carbonyl (C=O) groups is 1. The fourth-order valence-corrected chi connectivity index (χ4v) is 14.5. The van der Waals surface area contributed by atoms with Gasteiger partial charge in [0.05, 0.1) is 25.4 Å². The third-order valence-electron chi connectivity index (χ3n) is 18.1. The minimum absolute atomic E-state index is 0.00895. The molecule has 5 aliphatic carbocycles. The van der Waals surface area contributed by atoms with Crippen LogP contribution in [0.4, 0.5) is 0 Å². The predicted octanol–water partition coefficient (Wildman–Crippen LogP) is 2.24. The van der Waals surface area contributed by atoms with Gasteiger partial charge in [-0.2, -0.15) is 0 Å². The van der Waals surface area contributed by atoms with Crippen molar-refractivity contribution in [2.24, 2.45) is 49.7 Å². The second-order valence-corrected chi connectivity index (χ2v) is 21.4. The van der Waals surface area contributed by atoms with E-state index in [9.17, 15) is 50.8 Å². The first-order valence-corrected chi connectivity index (χ1v) is 21.2. The molecule has 0 radical (unpaired) electrons. The van der Waals surface area contributed by atoms with Crippen molar-refractivity contribution in [1.29, 1.82) is 0 Å².